The first-order valence-electron chi connectivity index (χ1n) is 12.8. The first-order valence-corrected chi connectivity index (χ1v) is 25.4. The van der Waals surface area contributed by atoms with Gasteiger partial charge in [0, 0.05) is 0 Å². The van der Waals surface area contributed by atoms with E-state index in [1.54, 1.807) is 0 Å². The maximum absolute atomic E-state index is 3.03. The van der Waals surface area contributed by atoms with Crippen LogP contribution in [0.15, 0.2) is 24.3 Å². The molecule has 142 valence electrons. The molecule has 0 radical (unpaired) electrons. The van der Waals surface area contributed by atoms with Crippen LogP contribution in [0.2, 0.25) is 86.7 Å². The Morgan fingerprint density at radius 3 is 0.893 bits per heavy atom. The van der Waals surface area contributed by atoms with Crippen LogP contribution in [0.25, 0.3) is 0 Å². The van der Waals surface area contributed by atoms with Gasteiger partial charge in [-0.15, -0.1) is 0 Å². The van der Waals surface area contributed by atoms with Gasteiger partial charge in [-0.3, -0.25) is 0 Å². The Balaban J connectivity index is 1.12. The fraction of sp³-hybridized carbons (Fsp3) is 0.769. The van der Waals surface area contributed by atoms with Crippen LogP contribution >= 0.6 is 0 Å². The summed E-state index contributed by atoms with van der Waals surface area (Å²) in [6, 6.07) is 10.9. The number of hydrogen-bond acceptors (Lipinski definition) is 0. The molecule has 0 bridgehead atoms. The van der Waals surface area contributed by atoms with Crippen molar-refractivity contribution >= 4 is 0 Å². The topological polar surface area (TPSA) is 0 Å². The van der Waals surface area contributed by atoms with Crippen molar-refractivity contribution in [3.8, 4) is 0 Å². The van der Waals surface area contributed by atoms with E-state index in [0.717, 1.165) is 8.63 Å². The van der Waals surface area contributed by atoms with Gasteiger partial charge in [-0.05, 0) is 0 Å². The van der Waals surface area contributed by atoms with Crippen LogP contribution in [0, 0.1) is 0 Å². The summed E-state index contributed by atoms with van der Waals surface area (Å²) in [5.74, 6) is 0. The first-order chi connectivity index (χ1) is 13.3. The number of benzene rings is 1. The zero-order valence-electron chi connectivity index (χ0n) is 15.4. The van der Waals surface area contributed by atoms with Gasteiger partial charge in [0.2, 0.25) is 0 Å². The monoisotopic (exact) mass is 446 g/mol. The van der Waals surface area contributed by atoms with Crippen molar-refractivity contribution in [2.45, 2.75) is 95.3 Å². The molecule has 28 heavy (non-hydrogen) atoms. The van der Waals surface area contributed by atoms with Gasteiger partial charge < -0.3 is 0 Å². The Morgan fingerprint density at radius 2 is 0.714 bits per heavy atom. The Labute approximate surface area is 143 Å². The Morgan fingerprint density at radius 1 is 0.429 bits per heavy atom. The van der Waals surface area contributed by atoms with E-state index in [1.807, 2.05) is 0 Å². The summed E-state index contributed by atoms with van der Waals surface area (Å²) >= 11 is 0. The third-order valence-corrected chi connectivity index (χ3v) is 116. The summed E-state index contributed by atoms with van der Waals surface area (Å²) in [6.45, 7) is -6.06. The number of hydrogen-bond donors (Lipinski definition) is 0. The molecule has 0 N–H and O–H groups in total. The normalized spacial score (nSPS) is 143. The third kappa shape index (κ3) is 0.0830. The molecule has 0 nitrogen and oxygen atoms in total. The summed E-state index contributed by atoms with van der Waals surface area (Å²) in [4.78, 5) is 27.1. The maximum atomic E-state index is 2.88. The van der Waals surface area contributed by atoms with Crippen molar-refractivity contribution in [1.82, 2.24) is 0 Å². The molecule has 0 saturated carbocycles. The van der Waals surface area contributed by atoms with Crippen LogP contribution in [0.4, 0.5) is 0 Å². The summed E-state index contributed by atoms with van der Waals surface area (Å²) in [5, 5.41) is 0. The minimum absolute atomic E-state index is 1.04. The standard InChI is InChI=1S/C16H12.2C5H5.2Fe/c1-2-8-13(7-1)15-11-5-6-12-16(15)14-9-3-4-10-14;2*1-2-4-5-3-1;;/h1-12H;2*1-5H;;. The van der Waals surface area contributed by atoms with Gasteiger partial charge in [0.15, 0.2) is 0 Å². The predicted octanol–water partition coefficient (Wildman–Crippen LogP) is 7.28. The minimum atomic E-state index is -3.03. The van der Waals surface area contributed by atoms with E-state index in [-0.39, 0.29) is 0 Å². The molecular weight excluding hydrogens is 424 g/mol. The first kappa shape index (κ1) is 9.02. The van der Waals surface area contributed by atoms with Gasteiger partial charge in [0.1, 0.15) is 0 Å². The van der Waals surface area contributed by atoms with Crippen LogP contribution in [-0.2, 0) is 21.6 Å². The molecule has 2 spiro atoms. The zero-order chi connectivity index (χ0) is 16.0. The second kappa shape index (κ2) is 0.680. The second-order valence-electron chi connectivity index (χ2n) is 20.9. The van der Waals surface area contributed by atoms with Crippen molar-refractivity contribution in [3.63, 3.8) is 0 Å². The Hall–Kier alpha value is 0.259. The average Bonchev–Trinajstić information content (AvgIpc) is 3.61. The molecule has 0 aromatic heterocycles. The van der Waals surface area contributed by atoms with Gasteiger partial charge in [-0.2, -0.15) is 0 Å². The average molecular weight is 446 g/mol. The molecule has 20 saturated heterocycles. The zero-order valence-corrected chi connectivity index (χ0v) is 17.6. The molecule has 8 unspecified atom stereocenters. The van der Waals surface area contributed by atoms with Crippen molar-refractivity contribution in [3.05, 3.63) is 35.4 Å². The fourth-order valence-electron chi connectivity index (χ4n) is 35.0. The third-order valence-electron chi connectivity index (χ3n) is 31.1. The molecule has 0 aliphatic carbocycles. The Kier molecular flexibility index (Phi) is 0.219. The van der Waals surface area contributed by atoms with Crippen LogP contribution < -0.4 is 0 Å². The van der Waals surface area contributed by atoms with Crippen LogP contribution in [0.5, 0.6) is 0 Å². The summed E-state index contributed by atoms with van der Waals surface area (Å²) in [6.07, 6.45) is 0. The molecule has 0 amide bonds. The van der Waals surface area contributed by atoms with E-state index in [1.165, 1.54) is 86.7 Å². The SMILES string of the molecule is c1ccc([C]23[CH]4[CH]5[CH]6[CH]2[Fe]56432789[CH]3[CH]2[CH]7[CH]8[CH]39)c([C]23[CH]4[CH]5[CH]6[CH]2[Fe]56432789[CH]3[CH]2[CH]7[CH]8[CH]39)c1. The molecule has 1 aromatic carbocycles. The number of rotatable bonds is 2. The van der Waals surface area contributed by atoms with Gasteiger partial charge >= 0.3 is 144 Å². The van der Waals surface area contributed by atoms with Crippen molar-refractivity contribution in [1.29, 1.82) is 0 Å². The molecule has 2 heteroatoms. The second-order valence-corrected chi connectivity index (χ2v) is 68.0. The van der Waals surface area contributed by atoms with Gasteiger partial charge in [0.05, 0.1) is 0 Å². The fourth-order valence-corrected chi connectivity index (χ4v) is 183. The molecule has 20 fully saturated rings. The van der Waals surface area contributed by atoms with E-state index >= 15 is 0 Å². The van der Waals surface area contributed by atoms with Crippen molar-refractivity contribution < 1.29 is 13.0 Å². The van der Waals surface area contributed by atoms with Gasteiger partial charge in [0.25, 0.3) is 0 Å². The van der Waals surface area contributed by atoms with E-state index in [2.05, 4.69) is 35.4 Å². The van der Waals surface area contributed by atoms with Crippen LogP contribution in [0.3, 0.4) is 0 Å². The van der Waals surface area contributed by atoms with Crippen molar-refractivity contribution in [2.24, 2.45) is 0 Å². The molecule has 21 rings (SSSR count). The van der Waals surface area contributed by atoms with Crippen molar-refractivity contribution in [2.75, 3.05) is 0 Å². The summed E-state index contributed by atoms with van der Waals surface area (Å²) < 4.78 is 2.08. The van der Waals surface area contributed by atoms with E-state index in [4.69, 9.17) is 0 Å². The van der Waals surface area contributed by atoms with E-state index < -0.39 is 13.0 Å². The number of fused-ring (bicyclic) bond motifs is 20. The molecule has 20 aliphatic heterocycles. The quantitative estimate of drug-likeness (QED) is 0.419. The molecule has 20 heterocycles. The molecule has 1 aromatic rings. The summed E-state index contributed by atoms with van der Waals surface area (Å²) in [5.41, 5.74) is 4.46. The molecule has 20 aliphatic rings. The van der Waals surface area contributed by atoms with E-state index in [9.17, 15) is 0 Å². The van der Waals surface area contributed by atoms with Crippen LogP contribution in [0.1, 0.15) is 11.1 Å². The van der Waals surface area contributed by atoms with Gasteiger partial charge in [-0.1, -0.05) is 0 Å². The predicted molar refractivity (Wildman–Crippen MR) is 97.3 cm³/mol. The Bertz CT molecular complexity index is 2000. The van der Waals surface area contributed by atoms with Crippen LogP contribution in [-0.4, -0.2) is 0 Å². The van der Waals surface area contributed by atoms with Gasteiger partial charge in [-0.25, -0.2) is 0 Å². The molecule has 8 atom stereocenters. The summed E-state index contributed by atoms with van der Waals surface area (Å²) in [7, 11) is 0. The molecular formula is C26H22Fe2. The van der Waals surface area contributed by atoms with E-state index in [0.29, 0.717) is 0 Å².